The second-order valence-electron chi connectivity index (χ2n) is 4.60. The molecule has 76 valence electrons. The minimum absolute atomic E-state index is 0.829. The number of hydrogen-bond donors (Lipinski definition) is 1. The van der Waals surface area contributed by atoms with Crippen LogP contribution >= 0.6 is 11.8 Å². The summed E-state index contributed by atoms with van der Waals surface area (Å²) in [6.07, 6.45) is 7.16. The minimum atomic E-state index is 0.829. The van der Waals surface area contributed by atoms with E-state index in [2.05, 4.69) is 24.0 Å². The van der Waals surface area contributed by atoms with Gasteiger partial charge in [0.05, 0.1) is 0 Å². The summed E-state index contributed by atoms with van der Waals surface area (Å²) in [7, 11) is 0. The topological polar surface area (TPSA) is 12.0 Å². The largest absolute Gasteiger partial charge is 0.310 e. The molecular weight excluding hydrogens is 178 g/mol. The molecule has 2 rings (SSSR count). The molecule has 1 nitrogen and oxygen atoms in total. The lowest BCUT2D eigenvalue weighted by molar-refractivity contribution is 0.264. The van der Waals surface area contributed by atoms with Gasteiger partial charge < -0.3 is 5.32 Å². The van der Waals surface area contributed by atoms with Gasteiger partial charge in [-0.1, -0.05) is 19.8 Å². The molecule has 0 aromatic rings. The molecule has 0 aromatic carbocycles. The molecule has 0 radical (unpaired) electrons. The monoisotopic (exact) mass is 199 g/mol. The highest BCUT2D eigenvalue weighted by Crippen LogP contribution is 2.26. The van der Waals surface area contributed by atoms with Crippen molar-refractivity contribution in [1.82, 2.24) is 5.32 Å². The van der Waals surface area contributed by atoms with Crippen molar-refractivity contribution in [2.24, 2.45) is 5.92 Å². The highest BCUT2D eigenvalue weighted by molar-refractivity contribution is 7.99. The van der Waals surface area contributed by atoms with Crippen LogP contribution in [0.2, 0.25) is 0 Å². The van der Waals surface area contributed by atoms with Gasteiger partial charge in [0.1, 0.15) is 0 Å². The quantitative estimate of drug-likeness (QED) is 0.734. The van der Waals surface area contributed by atoms with Crippen LogP contribution in [-0.2, 0) is 0 Å². The Labute approximate surface area is 86.0 Å². The van der Waals surface area contributed by atoms with Gasteiger partial charge in [0.25, 0.3) is 0 Å². The maximum Gasteiger partial charge on any atom is 0.0168 e. The molecule has 2 aliphatic rings. The van der Waals surface area contributed by atoms with Crippen molar-refractivity contribution in [2.45, 2.75) is 51.1 Å². The summed E-state index contributed by atoms with van der Waals surface area (Å²) >= 11 is 2.11. The van der Waals surface area contributed by atoms with Crippen molar-refractivity contribution in [3.63, 3.8) is 0 Å². The molecular formula is C11H21NS. The first-order valence-electron chi connectivity index (χ1n) is 5.70. The normalized spacial score (nSPS) is 40.8. The second-order valence-corrected chi connectivity index (χ2v) is 5.75. The predicted octanol–water partition coefficient (Wildman–Crippen LogP) is 2.66. The van der Waals surface area contributed by atoms with Crippen molar-refractivity contribution in [3.8, 4) is 0 Å². The number of hydrogen-bond acceptors (Lipinski definition) is 2. The molecule has 2 fully saturated rings. The lowest BCUT2D eigenvalue weighted by Gasteiger charge is -2.31. The Balaban J connectivity index is 1.78. The molecule has 0 bridgehead atoms. The van der Waals surface area contributed by atoms with E-state index in [0.29, 0.717) is 0 Å². The van der Waals surface area contributed by atoms with Gasteiger partial charge in [-0.15, -0.1) is 0 Å². The molecule has 1 N–H and O–H groups in total. The van der Waals surface area contributed by atoms with Crippen LogP contribution < -0.4 is 5.32 Å². The smallest absolute Gasteiger partial charge is 0.0168 e. The fourth-order valence-corrected chi connectivity index (χ4v) is 3.70. The molecule has 1 heterocycles. The van der Waals surface area contributed by atoms with Crippen LogP contribution in [0.3, 0.4) is 0 Å². The zero-order chi connectivity index (χ0) is 9.10. The first-order valence-corrected chi connectivity index (χ1v) is 6.85. The standard InChI is InChI=1S/C11H21NS/c1-9-4-2-3-5-11(9)12-10-6-7-13-8-10/h9-12H,2-8H2,1H3/t9-,10+,11-/m1/s1. The molecule has 0 aromatic heterocycles. The van der Waals surface area contributed by atoms with Crippen molar-refractivity contribution in [3.05, 3.63) is 0 Å². The van der Waals surface area contributed by atoms with Gasteiger partial charge >= 0.3 is 0 Å². The first kappa shape index (κ1) is 9.85. The summed E-state index contributed by atoms with van der Waals surface area (Å²) in [6, 6.07) is 1.66. The molecule has 2 heteroatoms. The highest BCUT2D eigenvalue weighted by atomic mass is 32.2. The van der Waals surface area contributed by atoms with Crippen molar-refractivity contribution >= 4 is 11.8 Å². The van der Waals surface area contributed by atoms with Gasteiger partial charge in [0, 0.05) is 17.8 Å². The minimum Gasteiger partial charge on any atom is -0.310 e. The van der Waals surface area contributed by atoms with Crippen LogP contribution in [0.15, 0.2) is 0 Å². The molecule has 0 unspecified atom stereocenters. The summed E-state index contributed by atoms with van der Waals surface area (Å²) in [6.45, 7) is 2.42. The van der Waals surface area contributed by atoms with E-state index < -0.39 is 0 Å². The van der Waals surface area contributed by atoms with Crippen molar-refractivity contribution in [2.75, 3.05) is 11.5 Å². The van der Waals surface area contributed by atoms with Crippen LogP contribution in [0.5, 0.6) is 0 Å². The first-order chi connectivity index (χ1) is 6.36. The van der Waals surface area contributed by atoms with Crippen LogP contribution in [0.4, 0.5) is 0 Å². The number of thioether (sulfide) groups is 1. The van der Waals surface area contributed by atoms with E-state index in [9.17, 15) is 0 Å². The Hall–Kier alpha value is 0.310. The van der Waals surface area contributed by atoms with E-state index in [0.717, 1.165) is 18.0 Å². The van der Waals surface area contributed by atoms with Crippen molar-refractivity contribution in [1.29, 1.82) is 0 Å². The van der Waals surface area contributed by atoms with E-state index in [-0.39, 0.29) is 0 Å². The summed E-state index contributed by atoms with van der Waals surface area (Å²) in [5.41, 5.74) is 0. The molecule has 1 saturated carbocycles. The van der Waals surface area contributed by atoms with E-state index in [1.54, 1.807) is 0 Å². The number of nitrogens with one attached hydrogen (secondary N) is 1. The van der Waals surface area contributed by atoms with Gasteiger partial charge in [0.2, 0.25) is 0 Å². The SMILES string of the molecule is C[C@@H]1CCCC[C@H]1N[C@H]1CCSC1. The zero-order valence-electron chi connectivity index (χ0n) is 8.59. The van der Waals surface area contributed by atoms with E-state index in [1.165, 1.54) is 43.6 Å². The van der Waals surface area contributed by atoms with Gasteiger partial charge in [0.15, 0.2) is 0 Å². The van der Waals surface area contributed by atoms with Gasteiger partial charge in [-0.05, 0) is 30.9 Å². The summed E-state index contributed by atoms with van der Waals surface area (Å²) in [5.74, 6) is 3.64. The lowest BCUT2D eigenvalue weighted by atomic mass is 9.85. The van der Waals surface area contributed by atoms with Crippen molar-refractivity contribution < 1.29 is 0 Å². The fraction of sp³-hybridized carbons (Fsp3) is 1.00. The molecule has 1 aliphatic carbocycles. The maximum atomic E-state index is 3.85. The number of rotatable bonds is 2. The third-order valence-corrected chi connectivity index (χ3v) is 4.65. The second kappa shape index (κ2) is 4.70. The summed E-state index contributed by atoms with van der Waals surface area (Å²) in [4.78, 5) is 0. The average Bonchev–Trinajstić information content (AvgIpc) is 2.61. The Morgan fingerprint density at radius 3 is 2.69 bits per heavy atom. The summed E-state index contributed by atoms with van der Waals surface area (Å²) in [5, 5.41) is 3.85. The van der Waals surface area contributed by atoms with Crippen LogP contribution in [0.1, 0.15) is 39.0 Å². The Morgan fingerprint density at radius 2 is 2.00 bits per heavy atom. The van der Waals surface area contributed by atoms with Crippen LogP contribution in [0.25, 0.3) is 0 Å². The Bertz CT molecular complexity index is 154. The molecule has 1 aliphatic heterocycles. The Kier molecular flexibility index (Phi) is 3.56. The third-order valence-electron chi connectivity index (χ3n) is 3.49. The van der Waals surface area contributed by atoms with Gasteiger partial charge in [-0.25, -0.2) is 0 Å². The molecule has 13 heavy (non-hydrogen) atoms. The molecule has 0 amide bonds. The maximum absolute atomic E-state index is 3.85. The third kappa shape index (κ3) is 2.63. The highest BCUT2D eigenvalue weighted by Gasteiger charge is 2.25. The van der Waals surface area contributed by atoms with E-state index in [1.807, 2.05) is 0 Å². The van der Waals surface area contributed by atoms with Crippen LogP contribution in [-0.4, -0.2) is 23.6 Å². The van der Waals surface area contributed by atoms with Crippen LogP contribution in [0, 0.1) is 5.92 Å². The lowest BCUT2D eigenvalue weighted by Crippen LogP contribution is -2.43. The summed E-state index contributed by atoms with van der Waals surface area (Å²) < 4.78 is 0. The van der Waals surface area contributed by atoms with E-state index in [4.69, 9.17) is 0 Å². The van der Waals surface area contributed by atoms with E-state index >= 15 is 0 Å². The predicted molar refractivity (Wildman–Crippen MR) is 60.3 cm³/mol. The molecule has 1 saturated heterocycles. The zero-order valence-corrected chi connectivity index (χ0v) is 9.41. The van der Waals surface area contributed by atoms with Gasteiger partial charge in [-0.3, -0.25) is 0 Å². The average molecular weight is 199 g/mol. The van der Waals surface area contributed by atoms with Gasteiger partial charge in [-0.2, -0.15) is 11.8 Å². The molecule has 0 spiro atoms. The fourth-order valence-electron chi connectivity index (χ4n) is 2.53. The Morgan fingerprint density at radius 1 is 1.15 bits per heavy atom. The molecule has 3 atom stereocenters.